The molecule has 2 fully saturated rings. The van der Waals surface area contributed by atoms with Crippen LogP contribution in [0.3, 0.4) is 0 Å². The van der Waals surface area contributed by atoms with Crippen molar-refractivity contribution in [2.24, 2.45) is 5.92 Å². The number of hydrogen-bond donors (Lipinski definition) is 1. The van der Waals surface area contributed by atoms with Crippen LogP contribution in [0.1, 0.15) is 38.2 Å². The maximum atomic E-state index is 13.3. The number of nitrogens with one attached hydrogen (secondary N) is 1. The molecule has 0 spiro atoms. The Kier molecular flexibility index (Phi) is 6.31. The number of nitrogens with zero attached hydrogens (tertiary/aromatic N) is 2. The molecule has 0 aliphatic carbocycles. The standard InChI is InChI=1S/C21H31N3O4/c1-14(2)22-21(26)24-12-17(16-11-15(27-3)7-8-19(16)28-4)18(13-24)20(25)23-9-5-6-10-23/h7-8,11,14,17-18H,5-6,9-10,12-13H2,1-4H3,(H,22,26)/t17-,18+/m1/s1. The summed E-state index contributed by atoms with van der Waals surface area (Å²) in [4.78, 5) is 29.6. The second-order valence-electron chi connectivity index (χ2n) is 7.86. The van der Waals surface area contributed by atoms with Crippen LogP contribution in [-0.2, 0) is 4.79 Å². The normalized spacial score (nSPS) is 21.9. The van der Waals surface area contributed by atoms with Crippen molar-refractivity contribution in [3.8, 4) is 11.5 Å². The van der Waals surface area contributed by atoms with Crippen molar-refractivity contribution in [3.05, 3.63) is 23.8 Å². The van der Waals surface area contributed by atoms with E-state index in [-0.39, 0.29) is 29.8 Å². The lowest BCUT2D eigenvalue weighted by atomic mass is 9.87. The van der Waals surface area contributed by atoms with Gasteiger partial charge in [-0.3, -0.25) is 4.79 Å². The summed E-state index contributed by atoms with van der Waals surface area (Å²) in [6.45, 7) is 6.36. The molecule has 0 unspecified atom stereocenters. The first-order chi connectivity index (χ1) is 13.4. The minimum Gasteiger partial charge on any atom is -0.497 e. The van der Waals surface area contributed by atoms with Crippen molar-refractivity contribution in [2.75, 3.05) is 40.4 Å². The zero-order valence-corrected chi connectivity index (χ0v) is 17.2. The van der Waals surface area contributed by atoms with Gasteiger partial charge in [0.25, 0.3) is 0 Å². The summed E-state index contributed by atoms with van der Waals surface area (Å²) in [5.41, 5.74) is 0.916. The van der Waals surface area contributed by atoms with Crippen LogP contribution >= 0.6 is 0 Å². The summed E-state index contributed by atoms with van der Waals surface area (Å²) < 4.78 is 11.0. The topological polar surface area (TPSA) is 71.1 Å². The molecule has 0 aromatic heterocycles. The Labute approximate surface area is 167 Å². The lowest BCUT2D eigenvalue weighted by Crippen LogP contribution is -2.43. The summed E-state index contributed by atoms with van der Waals surface area (Å²) >= 11 is 0. The zero-order chi connectivity index (χ0) is 20.3. The van der Waals surface area contributed by atoms with E-state index < -0.39 is 0 Å². The lowest BCUT2D eigenvalue weighted by Gasteiger charge is -2.25. The van der Waals surface area contributed by atoms with E-state index in [0.29, 0.717) is 18.8 Å². The Morgan fingerprint density at radius 1 is 1.07 bits per heavy atom. The van der Waals surface area contributed by atoms with Crippen molar-refractivity contribution >= 4 is 11.9 Å². The molecule has 1 aromatic carbocycles. The van der Waals surface area contributed by atoms with E-state index in [2.05, 4.69) is 5.32 Å². The molecule has 0 bridgehead atoms. The number of carbonyl (C=O) groups is 2. The lowest BCUT2D eigenvalue weighted by molar-refractivity contribution is -0.134. The highest BCUT2D eigenvalue weighted by atomic mass is 16.5. The van der Waals surface area contributed by atoms with E-state index in [0.717, 1.165) is 37.2 Å². The molecule has 2 heterocycles. The fourth-order valence-electron chi connectivity index (χ4n) is 4.17. The van der Waals surface area contributed by atoms with Gasteiger partial charge in [-0.05, 0) is 44.9 Å². The van der Waals surface area contributed by atoms with E-state index in [1.807, 2.05) is 36.9 Å². The third-order valence-electron chi connectivity index (χ3n) is 5.59. The fourth-order valence-corrected chi connectivity index (χ4v) is 4.17. The molecule has 1 N–H and O–H groups in total. The summed E-state index contributed by atoms with van der Waals surface area (Å²) in [6, 6.07) is 5.56. The van der Waals surface area contributed by atoms with Gasteiger partial charge in [-0.2, -0.15) is 0 Å². The number of rotatable bonds is 5. The molecule has 7 heteroatoms. The number of ether oxygens (including phenoxy) is 2. The van der Waals surface area contributed by atoms with E-state index in [4.69, 9.17) is 9.47 Å². The Hall–Kier alpha value is -2.44. The van der Waals surface area contributed by atoms with Gasteiger partial charge in [0.2, 0.25) is 5.91 Å². The minimum atomic E-state index is -0.281. The van der Waals surface area contributed by atoms with Crippen LogP contribution < -0.4 is 14.8 Å². The van der Waals surface area contributed by atoms with Crippen LogP contribution in [0.2, 0.25) is 0 Å². The molecule has 28 heavy (non-hydrogen) atoms. The van der Waals surface area contributed by atoms with Gasteiger partial charge in [0.1, 0.15) is 11.5 Å². The Morgan fingerprint density at radius 3 is 2.39 bits per heavy atom. The maximum Gasteiger partial charge on any atom is 0.317 e. The smallest absolute Gasteiger partial charge is 0.317 e. The molecule has 3 amide bonds. The average Bonchev–Trinajstić information content (AvgIpc) is 3.36. The van der Waals surface area contributed by atoms with E-state index in [1.54, 1.807) is 19.1 Å². The SMILES string of the molecule is COc1ccc(OC)c([C@H]2CN(C(=O)NC(C)C)C[C@@H]2C(=O)N2CCCC2)c1. The predicted molar refractivity (Wildman–Crippen MR) is 107 cm³/mol. The highest BCUT2D eigenvalue weighted by molar-refractivity contribution is 5.83. The van der Waals surface area contributed by atoms with E-state index >= 15 is 0 Å². The number of amides is 3. The monoisotopic (exact) mass is 389 g/mol. The van der Waals surface area contributed by atoms with Crippen LogP contribution in [0.4, 0.5) is 4.79 Å². The average molecular weight is 389 g/mol. The zero-order valence-electron chi connectivity index (χ0n) is 17.2. The summed E-state index contributed by atoms with van der Waals surface area (Å²) in [7, 11) is 3.25. The Bertz CT molecular complexity index is 716. The third-order valence-corrected chi connectivity index (χ3v) is 5.59. The number of carbonyl (C=O) groups excluding carboxylic acids is 2. The number of methoxy groups -OCH3 is 2. The molecule has 2 atom stereocenters. The molecule has 7 nitrogen and oxygen atoms in total. The molecule has 2 aliphatic heterocycles. The first-order valence-corrected chi connectivity index (χ1v) is 10.0. The molecule has 1 aromatic rings. The van der Waals surface area contributed by atoms with Crippen molar-refractivity contribution in [1.29, 1.82) is 0 Å². The first-order valence-electron chi connectivity index (χ1n) is 10.0. The summed E-state index contributed by atoms with van der Waals surface area (Å²) in [5.74, 6) is 1.16. The highest BCUT2D eigenvalue weighted by Gasteiger charge is 2.43. The highest BCUT2D eigenvalue weighted by Crippen LogP contribution is 2.40. The molecule has 2 aliphatic rings. The number of urea groups is 1. The Balaban J connectivity index is 1.92. The van der Waals surface area contributed by atoms with Gasteiger partial charge in [-0.15, -0.1) is 0 Å². The second-order valence-corrected chi connectivity index (χ2v) is 7.86. The number of benzene rings is 1. The van der Waals surface area contributed by atoms with Crippen LogP contribution in [0.25, 0.3) is 0 Å². The van der Waals surface area contributed by atoms with Gasteiger partial charge in [-0.1, -0.05) is 0 Å². The van der Waals surface area contributed by atoms with E-state index in [9.17, 15) is 9.59 Å². The third kappa shape index (κ3) is 4.18. The van der Waals surface area contributed by atoms with Gasteiger partial charge in [0.15, 0.2) is 0 Å². The van der Waals surface area contributed by atoms with Crippen LogP contribution in [-0.4, -0.2) is 68.2 Å². The van der Waals surface area contributed by atoms with Crippen molar-refractivity contribution in [2.45, 2.75) is 38.6 Å². The van der Waals surface area contributed by atoms with Gasteiger partial charge >= 0.3 is 6.03 Å². The molecular formula is C21H31N3O4. The largest absolute Gasteiger partial charge is 0.497 e. The second kappa shape index (κ2) is 8.71. The fraction of sp³-hybridized carbons (Fsp3) is 0.619. The molecule has 154 valence electrons. The molecule has 3 rings (SSSR count). The molecule has 0 saturated carbocycles. The molecular weight excluding hydrogens is 358 g/mol. The van der Waals surface area contributed by atoms with E-state index in [1.165, 1.54) is 0 Å². The minimum absolute atomic E-state index is 0.0469. The molecule has 0 radical (unpaired) electrons. The van der Waals surface area contributed by atoms with Gasteiger partial charge in [0.05, 0.1) is 20.1 Å². The van der Waals surface area contributed by atoms with Crippen LogP contribution in [0.5, 0.6) is 11.5 Å². The molecule has 2 saturated heterocycles. The first kappa shape index (κ1) is 20.3. The Morgan fingerprint density at radius 2 is 1.79 bits per heavy atom. The van der Waals surface area contributed by atoms with Gasteiger partial charge in [-0.25, -0.2) is 4.79 Å². The van der Waals surface area contributed by atoms with Crippen molar-refractivity contribution in [1.82, 2.24) is 15.1 Å². The summed E-state index contributed by atoms with van der Waals surface area (Å²) in [6.07, 6.45) is 2.09. The van der Waals surface area contributed by atoms with Gasteiger partial charge in [0, 0.05) is 43.7 Å². The number of hydrogen-bond acceptors (Lipinski definition) is 4. The number of likely N-dealkylation sites (tertiary alicyclic amines) is 2. The van der Waals surface area contributed by atoms with Crippen molar-refractivity contribution < 1.29 is 19.1 Å². The van der Waals surface area contributed by atoms with Crippen LogP contribution in [0.15, 0.2) is 18.2 Å². The van der Waals surface area contributed by atoms with Crippen molar-refractivity contribution in [3.63, 3.8) is 0 Å². The van der Waals surface area contributed by atoms with Crippen LogP contribution in [0, 0.1) is 5.92 Å². The maximum absolute atomic E-state index is 13.3. The van der Waals surface area contributed by atoms with Gasteiger partial charge < -0.3 is 24.6 Å². The summed E-state index contributed by atoms with van der Waals surface area (Å²) in [5, 5.41) is 2.94. The quantitative estimate of drug-likeness (QED) is 0.840. The predicted octanol–water partition coefficient (Wildman–Crippen LogP) is 2.46.